The molecule has 1 aliphatic rings. The minimum atomic E-state index is -0.183. The third-order valence-corrected chi connectivity index (χ3v) is 6.20. The minimum absolute atomic E-state index is 0.183. The highest BCUT2D eigenvalue weighted by Crippen LogP contribution is 2.33. The largest absolute Gasteiger partial charge is 0.206 e. The van der Waals surface area contributed by atoms with Gasteiger partial charge in [0.1, 0.15) is 5.82 Å². The first kappa shape index (κ1) is 20.0. The summed E-state index contributed by atoms with van der Waals surface area (Å²) in [6, 6.07) is 9.48. The van der Waals surface area contributed by atoms with Gasteiger partial charge in [-0.2, -0.15) is 10.2 Å². The van der Waals surface area contributed by atoms with Gasteiger partial charge in [0, 0.05) is 5.56 Å². The van der Waals surface area contributed by atoms with Crippen molar-refractivity contribution in [1.29, 1.82) is 0 Å². The Morgan fingerprint density at radius 2 is 1.70 bits per heavy atom. The van der Waals surface area contributed by atoms with Crippen molar-refractivity contribution in [3.63, 3.8) is 0 Å². The summed E-state index contributed by atoms with van der Waals surface area (Å²) in [6.07, 6.45) is 12.1. The molecular weight excluding hydrogens is 335 g/mol. The minimum Gasteiger partial charge on any atom is -0.206 e. The molecule has 146 valence electrons. The maximum absolute atomic E-state index is 14.6. The smallest absolute Gasteiger partial charge is 0.132 e. The summed E-state index contributed by atoms with van der Waals surface area (Å²) in [5.41, 5.74) is 3.26. The van der Waals surface area contributed by atoms with Gasteiger partial charge in [-0.15, -0.1) is 0 Å². The van der Waals surface area contributed by atoms with Gasteiger partial charge in [0.05, 0.1) is 11.4 Å². The van der Waals surface area contributed by atoms with E-state index >= 15 is 0 Å². The summed E-state index contributed by atoms with van der Waals surface area (Å²) in [5.74, 6) is 1.57. The second-order valence-corrected chi connectivity index (χ2v) is 8.16. The number of hydrogen-bond donors (Lipinski definition) is 0. The zero-order valence-electron chi connectivity index (χ0n) is 16.9. The van der Waals surface area contributed by atoms with E-state index in [2.05, 4.69) is 30.1 Å². The predicted octanol–water partition coefficient (Wildman–Crippen LogP) is 6.77. The highest BCUT2D eigenvalue weighted by atomic mass is 19.1. The molecule has 1 heterocycles. The van der Waals surface area contributed by atoms with Gasteiger partial charge in [-0.05, 0) is 67.3 Å². The van der Waals surface area contributed by atoms with E-state index in [4.69, 9.17) is 0 Å². The molecule has 0 bridgehead atoms. The Bertz CT molecular complexity index is 703. The van der Waals surface area contributed by atoms with Crippen molar-refractivity contribution in [2.75, 3.05) is 0 Å². The van der Waals surface area contributed by atoms with Gasteiger partial charge in [0.15, 0.2) is 0 Å². The molecule has 0 unspecified atom stereocenters. The van der Waals surface area contributed by atoms with E-state index in [0.717, 1.165) is 48.8 Å². The van der Waals surface area contributed by atoms with E-state index in [1.165, 1.54) is 38.5 Å². The van der Waals surface area contributed by atoms with E-state index < -0.39 is 0 Å². The maximum Gasteiger partial charge on any atom is 0.132 e. The van der Waals surface area contributed by atoms with Crippen LogP contribution in [0.3, 0.4) is 0 Å². The lowest BCUT2D eigenvalue weighted by Crippen LogP contribution is -2.14. The molecule has 1 fully saturated rings. The Morgan fingerprint density at radius 3 is 2.33 bits per heavy atom. The van der Waals surface area contributed by atoms with Gasteiger partial charge in [-0.3, -0.25) is 0 Å². The predicted molar refractivity (Wildman–Crippen MR) is 110 cm³/mol. The Hall–Kier alpha value is -1.77. The standard InChI is InChI=1S/C24H33FN2/c1-3-5-6-21-14-16-24(27-26-21)22-15-13-20(17-23(22)25)12-11-19-9-7-18(4-2)8-10-19/h13-19H,3-12H2,1-2H3/t18-,19-. The van der Waals surface area contributed by atoms with Crippen molar-refractivity contribution in [1.82, 2.24) is 10.2 Å². The van der Waals surface area contributed by atoms with Crippen LogP contribution >= 0.6 is 0 Å². The number of aromatic nitrogens is 2. The van der Waals surface area contributed by atoms with Crippen molar-refractivity contribution in [2.24, 2.45) is 11.8 Å². The lowest BCUT2D eigenvalue weighted by molar-refractivity contribution is 0.259. The average molecular weight is 369 g/mol. The van der Waals surface area contributed by atoms with Crippen LogP contribution in [0, 0.1) is 17.7 Å². The summed E-state index contributed by atoms with van der Waals surface area (Å²) in [6.45, 7) is 4.47. The molecule has 3 rings (SSSR count). The van der Waals surface area contributed by atoms with Gasteiger partial charge in [-0.1, -0.05) is 58.4 Å². The molecule has 1 aliphatic carbocycles. The highest BCUT2D eigenvalue weighted by molar-refractivity contribution is 5.59. The molecule has 0 amide bonds. The van der Waals surface area contributed by atoms with Crippen molar-refractivity contribution in [2.45, 2.75) is 78.1 Å². The fourth-order valence-electron chi connectivity index (χ4n) is 4.22. The summed E-state index contributed by atoms with van der Waals surface area (Å²) in [5, 5.41) is 8.49. The van der Waals surface area contributed by atoms with Gasteiger partial charge in [-0.25, -0.2) is 4.39 Å². The van der Waals surface area contributed by atoms with E-state index in [0.29, 0.717) is 11.3 Å². The summed E-state index contributed by atoms with van der Waals surface area (Å²) < 4.78 is 14.6. The second-order valence-electron chi connectivity index (χ2n) is 8.16. The molecule has 0 aliphatic heterocycles. The summed E-state index contributed by atoms with van der Waals surface area (Å²) in [4.78, 5) is 0. The molecule has 2 nitrogen and oxygen atoms in total. The van der Waals surface area contributed by atoms with E-state index in [-0.39, 0.29) is 5.82 Å². The normalized spacial score (nSPS) is 20.0. The molecule has 0 N–H and O–H groups in total. The number of nitrogens with zero attached hydrogens (tertiary/aromatic N) is 2. The zero-order chi connectivity index (χ0) is 19.1. The van der Waals surface area contributed by atoms with E-state index in [1.54, 1.807) is 6.07 Å². The number of hydrogen-bond acceptors (Lipinski definition) is 2. The third-order valence-electron chi connectivity index (χ3n) is 6.20. The summed E-state index contributed by atoms with van der Waals surface area (Å²) >= 11 is 0. The number of rotatable bonds is 8. The first-order valence-electron chi connectivity index (χ1n) is 10.8. The zero-order valence-corrected chi connectivity index (χ0v) is 16.9. The van der Waals surface area contributed by atoms with E-state index in [9.17, 15) is 4.39 Å². The topological polar surface area (TPSA) is 25.8 Å². The number of unbranched alkanes of at least 4 members (excludes halogenated alkanes) is 1. The Labute approximate surface area is 163 Å². The summed E-state index contributed by atoms with van der Waals surface area (Å²) in [7, 11) is 0. The average Bonchev–Trinajstić information content (AvgIpc) is 2.71. The molecule has 0 spiro atoms. The molecule has 0 atom stereocenters. The maximum atomic E-state index is 14.6. The quantitative estimate of drug-likeness (QED) is 0.513. The fraction of sp³-hybridized carbons (Fsp3) is 0.583. The van der Waals surface area contributed by atoms with Gasteiger partial charge >= 0.3 is 0 Å². The van der Waals surface area contributed by atoms with Gasteiger partial charge < -0.3 is 0 Å². The number of aryl methyl sites for hydroxylation is 2. The molecule has 0 radical (unpaired) electrons. The number of halogens is 1. The molecule has 1 aromatic heterocycles. The van der Waals surface area contributed by atoms with Gasteiger partial charge in [0.25, 0.3) is 0 Å². The fourth-order valence-corrected chi connectivity index (χ4v) is 4.22. The molecule has 2 aromatic rings. The number of benzene rings is 1. The van der Waals surface area contributed by atoms with Crippen LogP contribution in [0.4, 0.5) is 4.39 Å². The van der Waals surface area contributed by atoms with Crippen LogP contribution in [0.2, 0.25) is 0 Å². The first-order valence-corrected chi connectivity index (χ1v) is 10.8. The molecule has 1 aromatic carbocycles. The van der Waals surface area contributed by atoms with Crippen LogP contribution in [-0.2, 0) is 12.8 Å². The van der Waals surface area contributed by atoms with Crippen molar-refractivity contribution >= 4 is 0 Å². The molecule has 0 saturated heterocycles. The van der Waals surface area contributed by atoms with Crippen LogP contribution in [0.5, 0.6) is 0 Å². The third kappa shape index (κ3) is 5.60. The van der Waals surface area contributed by atoms with Crippen LogP contribution in [-0.4, -0.2) is 10.2 Å². The first-order chi connectivity index (χ1) is 13.2. The van der Waals surface area contributed by atoms with Crippen molar-refractivity contribution < 1.29 is 4.39 Å². The van der Waals surface area contributed by atoms with Crippen LogP contribution in [0.25, 0.3) is 11.3 Å². The second kappa shape index (κ2) is 9.96. The van der Waals surface area contributed by atoms with Crippen molar-refractivity contribution in [3.8, 4) is 11.3 Å². The monoisotopic (exact) mass is 368 g/mol. The van der Waals surface area contributed by atoms with Crippen LogP contribution in [0.15, 0.2) is 30.3 Å². The van der Waals surface area contributed by atoms with E-state index in [1.807, 2.05) is 18.2 Å². The molecular formula is C24H33FN2. The van der Waals surface area contributed by atoms with Gasteiger partial charge in [0.2, 0.25) is 0 Å². The molecule has 3 heteroatoms. The SMILES string of the molecule is CCCCc1ccc(-c2ccc(CC[C@H]3CC[C@H](CC)CC3)cc2F)nn1. The van der Waals surface area contributed by atoms with Crippen LogP contribution in [0.1, 0.15) is 76.5 Å². The van der Waals surface area contributed by atoms with Crippen molar-refractivity contribution in [3.05, 3.63) is 47.4 Å². The molecule has 27 heavy (non-hydrogen) atoms. The lowest BCUT2D eigenvalue weighted by atomic mass is 9.78. The Kier molecular flexibility index (Phi) is 7.37. The Morgan fingerprint density at radius 1 is 0.926 bits per heavy atom. The highest BCUT2D eigenvalue weighted by Gasteiger charge is 2.19. The molecule has 1 saturated carbocycles. The van der Waals surface area contributed by atoms with Crippen LogP contribution < -0.4 is 0 Å². The Balaban J connectivity index is 1.57. The lowest BCUT2D eigenvalue weighted by Gasteiger charge is -2.27.